The first-order valence-electron chi connectivity index (χ1n) is 11.9. The van der Waals surface area contributed by atoms with Gasteiger partial charge in [0.2, 0.25) is 17.7 Å². The van der Waals surface area contributed by atoms with E-state index in [-0.39, 0.29) is 44.1 Å². The van der Waals surface area contributed by atoms with E-state index in [0.717, 1.165) is 6.29 Å². The minimum absolute atomic E-state index is 0.00942. The highest BCUT2D eigenvalue weighted by Gasteiger charge is 2.07. The van der Waals surface area contributed by atoms with Crippen LogP contribution in [-0.2, 0) is 47.6 Å². The number of hydrogen-bond donors (Lipinski definition) is 4. The van der Waals surface area contributed by atoms with Gasteiger partial charge in [0.25, 0.3) is 0 Å². The highest BCUT2D eigenvalue weighted by molar-refractivity contribution is 5.77. The fraction of sp³-hybridized carbons (Fsp3) is 0.818. The molecule has 4 N–H and O–H groups in total. The first-order chi connectivity index (χ1) is 17.5. The molecule has 210 valence electrons. The highest BCUT2D eigenvalue weighted by Crippen LogP contribution is 1.88. The fourth-order valence-electron chi connectivity index (χ4n) is 2.35. The van der Waals surface area contributed by atoms with Crippen LogP contribution >= 0.6 is 0 Å². The fourth-order valence-corrected chi connectivity index (χ4v) is 2.35. The van der Waals surface area contributed by atoms with E-state index in [2.05, 4.69) is 21.3 Å². The Morgan fingerprint density at radius 3 is 1.81 bits per heavy atom. The van der Waals surface area contributed by atoms with Crippen molar-refractivity contribution in [2.24, 2.45) is 0 Å². The van der Waals surface area contributed by atoms with Crippen LogP contribution in [0.5, 0.6) is 0 Å². The summed E-state index contributed by atoms with van der Waals surface area (Å²) >= 11 is 0. The first kappa shape index (κ1) is 33.8. The van der Waals surface area contributed by atoms with Crippen LogP contribution in [0.3, 0.4) is 0 Å². The number of hydrogen-bond acceptors (Lipinski definition) is 11. The van der Waals surface area contributed by atoms with E-state index in [1.807, 2.05) is 0 Å². The number of amides is 3. The maximum Gasteiger partial charge on any atom is 0.246 e. The predicted molar refractivity (Wildman–Crippen MR) is 129 cm³/mol. The van der Waals surface area contributed by atoms with Crippen molar-refractivity contribution in [3.8, 4) is 0 Å². The van der Waals surface area contributed by atoms with Gasteiger partial charge in [-0.15, -0.1) is 0 Å². The lowest BCUT2D eigenvalue weighted by Gasteiger charge is -2.13. The average molecular weight is 523 g/mol. The molecule has 0 aliphatic carbocycles. The van der Waals surface area contributed by atoms with E-state index in [4.69, 9.17) is 28.4 Å². The zero-order valence-corrected chi connectivity index (χ0v) is 21.3. The molecule has 0 saturated carbocycles. The van der Waals surface area contributed by atoms with Gasteiger partial charge in [-0.25, -0.2) is 0 Å². The van der Waals surface area contributed by atoms with Crippen molar-refractivity contribution in [3.05, 3.63) is 0 Å². The van der Waals surface area contributed by atoms with Gasteiger partial charge in [-0.1, -0.05) is 0 Å². The van der Waals surface area contributed by atoms with Crippen LogP contribution in [-0.4, -0.2) is 136 Å². The zero-order valence-electron chi connectivity index (χ0n) is 21.3. The van der Waals surface area contributed by atoms with Crippen LogP contribution in [0.15, 0.2) is 0 Å². The average Bonchev–Trinajstić information content (AvgIpc) is 2.86. The Bertz CT molecular complexity index is 583. The van der Waals surface area contributed by atoms with Crippen LogP contribution in [0, 0.1) is 0 Å². The second kappa shape index (κ2) is 25.9. The molecular weight excluding hydrogens is 480 g/mol. The van der Waals surface area contributed by atoms with Crippen molar-refractivity contribution in [3.63, 3.8) is 0 Å². The molecule has 0 aromatic heterocycles. The lowest BCUT2D eigenvalue weighted by atomic mass is 10.4. The Hall–Kier alpha value is -2.20. The Kier molecular flexibility index (Phi) is 24.3. The summed E-state index contributed by atoms with van der Waals surface area (Å²) in [6.45, 7) is 5.96. The van der Waals surface area contributed by atoms with Crippen LogP contribution in [0.25, 0.3) is 0 Å². The molecule has 0 aliphatic rings. The maximum absolute atomic E-state index is 11.6. The molecule has 3 amide bonds. The van der Waals surface area contributed by atoms with E-state index in [1.54, 1.807) is 0 Å². The third-order valence-electron chi connectivity index (χ3n) is 4.16. The molecule has 0 aromatic carbocycles. The van der Waals surface area contributed by atoms with Gasteiger partial charge in [-0.05, 0) is 0 Å². The molecule has 0 aliphatic heterocycles. The molecule has 0 spiro atoms. The van der Waals surface area contributed by atoms with Crippen LogP contribution in [0.4, 0.5) is 0 Å². The Morgan fingerprint density at radius 1 is 0.694 bits per heavy atom. The summed E-state index contributed by atoms with van der Waals surface area (Å²) in [5.41, 5.74) is 0. The molecule has 0 fully saturated rings. The molecule has 0 saturated heterocycles. The molecule has 0 aromatic rings. The minimum atomic E-state index is -0.585. The number of ether oxygens (including phenoxy) is 6. The molecule has 1 unspecified atom stereocenters. The van der Waals surface area contributed by atoms with E-state index < -0.39 is 6.10 Å². The molecule has 0 heterocycles. The van der Waals surface area contributed by atoms with Crippen LogP contribution < -0.4 is 21.3 Å². The first-order valence-corrected chi connectivity index (χ1v) is 11.9. The van der Waals surface area contributed by atoms with Gasteiger partial charge in [0.1, 0.15) is 25.6 Å². The number of carbonyl (C=O) groups is 4. The monoisotopic (exact) mass is 522 g/mol. The summed E-state index contributed by atoms with van der Waals surface area (Å²) in [6.07, 6.45) is 0.138. The van der Waals surface area contributed by atoms with Gasteiger partial charge in [0.15, 0.2) is 0 Å². The molecule has 0 radical (unpaired) electrons. The number of carbonyl (C=O) groups excluding carboxylic acids is 4. The van der Waals surface area contributed by atoms with E-state index >= 15 is 0 Å². The van der Waals surface area contributed by atoms with Gasteiger partial charge >= 0.3 is 0 Å². The summed E-state index contributed by atoms with van der Waals surface area (Å²) < 4.78 is 31.7. The van der Waals surface area contributed by atoms with Gasteiger partial charge < -0.3 is 54.5 Å². The van der Waals surface area contributed by atoms with Crippen molar-refractivity contribution in [1.29, 1.82) is 0 Å². The zero-order chi connectivity index (χ0) is 26.7. The van der Waals surface area contributed by atoms with Crippen molar-refractivity contribution in [2.45, 2.75) is 13.0 Å². The smallest absolute Gasteiger partial charge is 0.246 e. The summed E-state index contributed by atoms with van der Waals surface area (Å²) in [4.78, 5) is 44.3. The number of nitrogens with one attached hydrogen (secondary N) is 4. The quantitative estimate of drug-likeness (QED) is 0.0685. The van der Waals surface area contributed by atoms with E-state index in [0.29, 0.717) is 72.4 Å². The lowest BCUT2D eigenvalue weighted by Crippen LogP contribution is -2.33. The van der Waals surface area contributed by atoms with Crippen molar-refractivity contribution >= 4 is 24.0 Å². The van der Waals surface area contributed by atoms with Gasteiger partial charge in [0, 0.05) is 40.2 Å². The third-order valence-corrected chi connectivity index (χ3v) is 4.16. The third kappa shape index (κ3) is 24.9. The van der Waals surface area contributed by atoms with E-state index in [1.165, 1.54) is 14.0 Å². The Labute approximate surface area is 212 Å². The number of aldehydes is 1. The van der Waals surface area contributed by atoms with Crippen LogP contribution in [0.2, 0.25) is 0 Å². The van der Waals surface area contributed by atoms with E-state index in [9.17, 15) is 19.2 Å². The standard InChI is InChI=1S/C22H42N4O10/c1-19(28)25-4-7-33-13-14-36-20(16-27)15-24-3-6-31-9-12-35-18-22(30)26-5-8-32-10-11-34-17-21(29)23-2/h16,20,24H,3-15,17-18H2,1-2H3,(H,23,29)(H,25,28)(H,26,30). The lowest BCUT2D eigenvalue weighted by molar-refractivity contribution is -0.127. The molecule has 0 rings (SSSR count). The van der Waals surface area contributed by atoms with Gasteiger partial charge in [-0.2, -0.15) is 0 Å². The Morgan fingerprint density at radius 2 is 1.22 bits per heavy atom. The van der Waals surface area contributed by atoms with Gasteiger partial charge in [-0.3, -0.25) is 14.4 Å². The molecule has 14 nitrogen and oxygen atoms in total. The molecule has 36 heavy (non-hydrogen) atoms. The molecule has 0 bridgehead atoms. The molecule has 1 atom stereocenters. The normalized spacial score (nSPS) is 11.6. The predicted octanol–water partition coefficient (Wildman–Crippen LogP) is -2.76. The summed E-state index contributed by atoms with van der Waals surface area (Å²) in [5.74, 6) is -0.567. The SMILES string of the molecule is CNC(=O)COCCOCCNC(=O)COCCOCCNCC(C=O)OCCOCCNC(C)=O. The molecule has 14 heteroatoms. The largest absolute Gasteiger partial charge is 0.378 e. The summed E-state index contributed by atoms with van der Waals surface area (Å²) in [6, 6.07) is 0. The number of rotatable bonds is 26. The highest BCUT2D eigenvalue weighted by atomic mass is 16.5. The minimum Gasteiger partial charge on any atom is -0.378 e. The Balaban J connectivity index is 3.39. The summed E-state index contributed by atoms with van der Waals surface area (Å²) in [5, 5.41) is 10.8. The van der Waals surface area contributed by atoms with Crippen molar-refractivity contribution in [1.82, 2.24) is 21.3 Å². The topological polar surface area (TPSA) is 172 Å². The van der Waals surface area contributed by atoms with Crippen LogP contribution in [0.1, 0.15) is 6.92 Å². The van der Waals surface area contributed by atoms with Crippen molar-refractivity contribution in [2.75, 3.05) is 106 Å². The summed E-state index contributed by atoms with van der Waals surface area (Å²) in [7, 11) is 1.53. The van der Waals surface area contributed by atoms with Gasteiger partial charge in [0.05, 0.1) is 59.5 Å². The maximum atomic E-state index is 11.6. The molecular formula is C22H42N4O10. The second-order valence-corrected chi connectivity index (χ2v) is 7.20. The second-order valence-electron chi connectivity index (χ2n) is 7.20. The van der Waals surface area contributed by atoms with Crippen molar-refractivity contribution < 1.29 is 47.6 Å². The number of likely N-dealkylation sites (N-methyl/N-ethyl adjacent to an activating group) is 1.